The van der Waals surface area contributed by atoms with Crippen molar-refractivity contribution >= 4 is 12.0 Å². The first-order valence-corrected chi connectivity index (χ1v) is 6.46. The maximum Gasteiger partial charge on any atom is 0.320 e. The van der Waals surface area contributed by atoms with E-state index in [9.17, 15) is 9.59 Å². The monoisotopic (exact) mass is 256 g/mol. The van der Waals surface area contributed by atoms with Crippen molar-refractivity contribution in [3.05, 3.63) is 0 Å². The Hall–Kier alpha value is -1.30. The molecule has 1 aliphatic heterocycles. The van der Waals surface area contributed by atoms with E-state index < -0.39 is 5.97 Å². The Bertz CT molecular complexity index is 330. The van der Waals surface area contributed by atoms with Crippen molar-refractivity contribution in [1.82, 2.24) is 9.80 Å². The Kier molecular flexibility index (Phi) is 4.06. The van der Waals surface area contributed by atoms with Gasteiger partial charge in [-0.05, 0) is 19.8 Å². The van der Waals surface area contributed by atoms with E-state index in [1.54, 1.807) is 9.80 Å². The molecule has 1 saturated carbocycles. The smallest absolute Gasteiger partial charge is 0.320 e. The molecule has 0 aromatic carbocycles. The molecule has 0 bridgehead atoms. The highest BCUT2D eigenvalue weighted by molar-refractivity contribution is 5.76. The standard InChI is InChI=1S/C12H20N2O4/c1-9-8-18-7-6-13(9)12(17)14(10-2-3-10)5-4-11(15)16/h9-10H,2-8H2,1H3,(H,15,16). The molecule has 1 saturated heterocycles. The van der Waals surface area contributed by atoms with E-state index in [2.05, 4.69) is 0 Å². The number of carbonyl (C=O) groups excluding carboxylic acids is 1. The van der Waals surface area contributed by atoms with Gasteiger partial charge in [-0.2, -0.15) is 0 Å². The lowest BCUT2D eigenvalue weighted by atomic mass is 10.2. The van der Waals surface area contributed by atoms with Crippen LogP contribution in [0.4, 0.5) is 4.79 Å². The summed E-state index contributed by atoms with van der Waals surface area (Å²) >= 11 is 0. The summed E-state index contributed by atoms with van der Waals surface area (Å²) in [6.45, 7) is 3.98. The van der Waals surface area contributed by atoms with Crippen LogP contribution in [0.1, 0.15) is 26.2 Å². The van der Waals surface area contributed by atoms with E-state index in [0.717, 1.165) is 12.8 Å². The summed E-state index contributed by atoms with van der Waals surface area (Å²) in [6, 6.07) is 0.277. The Morgan fingerprint density at radius 2 is 2.17 bits per heavy atom. The van der Waals surface area contributed by atoms with Crippen molar-refractivity contribution in [2.45, 2.75) is 38.3 Å². The van der Waals surface area contributed by atoms with Crippen LogP contribution in [0.2, 0.25) is 0 Å². The van der Waals surface area contributed by atoms with Crippen LogP contribution in [0.25, 0.3) is 0 Å². The van der Waals surface area contributed by atoms with Crippen molar-refractivity contribution in [1.29, 1.82) is 0 Å². The summed E-state index contributed by atoms with van der Waals surface area (Å²) in [7, 11) is 0. The fourth-order valence-corrected chi connectivity index (χ4v) is 2.21. The number of urea groups is 1. The van der Waals surface area contributed by atoms with Gasteiger partial charge >= 0.3 is 12.0 Å². The number of morpholine rings is 1. The molecule has 2 aliphatic rings. The number of aliphatic carboxylic acids is 1. The molecule has 2 amide bonds. The maximum absolute atomic E-state index is 12.4. The third kappa shape index (κ3) is 3.13. The zero-order chi connectivity index (χ0) is 13.1. The Balaban J connectivity index is 1.96. The van der Waals surface area contributed by atoms with Gasteiger partial charge in [-0.15, -0.1) is 0 Å². The predicted octanol–water partition coefficient (Wildman–Crippen LogP) is 0.766. The fraction of sp³-hybridized carbons (Fsp3) is 0.833. The molecular formula is C12H20N2O4. The molecule has 102 valence electrons. The summed E-state index contributed by atoms with van der Waals surface area (Å²) in [5.41, 5.74) is 0. The summed E-state index contributed by atoms with van der Waals surface area (Å²) in [6.07, 6.45) is 2.00. The molecule has 2 rings (SSSR count). The second-order valence-electron chi connectivity index (χ2n) is 4.97. The van der Waals surface area contributed by atoms with Crippen LogP contribution in [0.15, 0.2) is 0 Å². The van der Waals surface area contributed by atoms with Gasteiger partial charge in [0, 0.05) is 19.1 Å². The number of amides is 2. The van der Waals surface area contributed by atoms with Crippen LogP contribution < -0.4 is 0 Å². The second kappa shape index (κ2) is 5.56. The van der Waals surface area contributed by atoms with Gasteiger partial charge in [-0.1, -0.05) is 0 Å². The van der Waals surface area contributed by atoms with Gasteiger partial charge in [-0.3, -0.25) is 4.79 Å². The van der Waals surface area contributed by atoms with Crippen molar-refractivity contribution in [3.8, 4) is 0 Å². The third-order valence-electron chi connectivity index (χ3n) is 3.41. The van der Waals surface area contributed by atoms with Crippen LogP contribution in [0.5, 0.6) is 0 Å². The second-order valence-corrected chi connectivity index (χ2v) is 4.97. The lowest BCUT2D eigenvalue weighted by molar-refractivity contribution is -0.137. The number of carboxylic acids is 1. The normalized spacial score (nSPS) is 23.8. The molecule has 1 N–H and O–H groups in total. The van der Waals surface area contributed by atoms with Crippen molar-refractivity contribution < 1.29 is 19.4 Å². The van der Waals surface area contributed by atoms with E-state index in [0.29, 0.717) is 26.3 Å². The highest BCUT2D eigenvalue weighted by atomic mass is 16.5. The van der Waals surface area contributed by atoms with Gasteiger partial charge in [0.2, 0.25) is 0 Å². The van der Waals surface area contributed by atoms with Gasteiger partial charge in [0.25, 0.3) is 0 Å². The number of hydrogen-bond donors (Lipinski definition) is 1. The van der Waals surface area contributed by atoms with Crippen LogP contribution in [-0.4, -0.2) is 65.3 Å². The Morgan fingerprint density at radius 1 is 1.44 bits per heavy atom. The zero-order valence-electron chi connectivity index (χ0n) is 10.7. The van der Waals surface area contributed by atoms with Gasteiger partial charge < -0.3 is 19.6 Å². The van der Waals surface area contributed by atoms with Gasteiger partial charge in [0.1, 0.15) is 0 Å². The van der Waals surface area contributed by atoms with Crippen molar-refractivity contribution in [3.63, 3.8) is 0 Å². The first kappa shape index (κ1) is 13.1. The first-order valence-electron chi connectivity index (χ1n) is 6.46. The van der Waals surface area contributed by atoms with E-state index in [4.69, 9.17) is 9.84 Å². The highest BCUT2D eigenvalue weighted by Crippen LogP contribution is 2.28. The van der Waals surface area contributed by atoms with Crippen LogP contribution in [0.3, 0.4) is 0 Å². The molecule has 0 aromatic heterocycles. The molecule has 6 heteroatoms. The number of ether oxygens (including phenoxy) is 1. The number of carbonyl (C=O) groups is 2. The maximum atomic E-state index is 12.4. The zero-order valence-corrected chi connectivity index (χ0v) is 10.7. The molecule has 2 fully saturated rings. The van der Waals surface area contributed by atoms with Gasteiger partial charge in [0.05, 0.1) is 25.7 Å². The molecule has 0 radical (unpaired) electrons. The summed E-state index contributed by atoms with van der Waals surface area (Å²) < 4.78 is 5.31. The fourth-order valence-electron chi connectivity index (χ4n) is 2.21. The average molecular weight is 256 g/mol. The third-order valence-corrected chi connectivity index (χ3v) is 3.41. The SMILES string of the molecule is CC1COCCN1C(=O)N(CCC(=O)O)C1CC1. The molecule has 6 nitrogen and oxygen atoms in total. The Labute approximate surface area is 106 Å². The van der Waals surface area contributed by atoms with Crippen molar-refractivity contribution in [2.75, 3.05) is 26.3 Å². The van der Waals surface area contributed by atoms with Crippen molar-refractivity contribution in [2.24, 2.45) is 0 Å². The molecule has 18 heavy (non-hydrogen) atoms. The summed E-state index contributed by atoms with van der Waals surface area (Å²) in [5.74, 6) is -0.858. The largest absolute Gasteiger partial charge is 0.481 e. The molecular weight excluding hydrogens is 236 g/mol. The van der Waals surface area contributed by atoms with Crippen LogP contribution in [-0.2, 0) is 9.53 Å². The molecule has 1 aliphatic carbocycles. The van der Waals surface area contributed by atoms with E-state index >= 15 is 0 Å². The van der Waals surface area contributed by atoms with E-state index in [-0.39, 0.29) is 24.5 Å². The van der Waals surface area contributed by atoms with Gasteiger partial charge in [0.15, 0.2) is 0 Å². The molecule has 0 aromatic rings. The molecule has 1 atom stereocenters. The number of hydrogen-bond acceptors (Lipinski definition) is 3. The topological polar surface area (TPSA) is 70.1 Å². The first-order chi connectivity index (χ1) is 8.59. The molecule has 1 unspecified atom stereocenters. The number of carboxylic acid groups (broad SMARTS) is 1. The lowest BCUT2D eigenvalue weighted by Gasteiger charge is -2.37. The van der Waals surface area contributed by atoms with Crippen LogP contribution >= 0.6 is 0 Å². The summed E-state index contributed by atoms with van der Waals surface area (Å²) in [5, 5.41) is 8.74. The molecule has 1 heterocycles. The van der Waals surface area contributed by atoms with E-state index in [1.165, 1.54) is 0 Å². The number of rotatable bonds is 4. The number of nitrogens with zero attached hydrogens (tertiary/aromatic N) is 2. The lowest BCUT2D eigenvalue weighted by Crippen LogP contribution is -2.53. The minimum atomic E-state index is -0.858. The van der Waals surface area contributed by atoms with E-state index in [1.807, 2.05) is 6.92 Å². The summed E-state index contributed by atoms with van der Waals surface area (Å²) in [4.78, 5) is 26.6. The molecule has 0 spiro atoms. The predicted molar refractivity (Wildman–Crippen MR) is 64.4 cm³/mol. The average Bonchev–Trinajstić information content (AvgIpc) is 3.13. The van der Waals surface area contributed by atoms with Crippen LogP contribution in [0, 0.1) is 0 Å². The minimum Gasteiger partial charge on any atom is -0.481 e. The minimum absolute atomic E-state index is 0.0148. The van der Waals surface area contributed by atoms with Gasteiger partial charge in [-0.25, -0.2) is 4.79 Å². The highest BCUT2D eigenvalue weighted by Gasteiger charge is 2.36. The Morgan fingerprint density at radius 3 is 2.72 bits per heavy atom. The quantitative estimate of drug-likeness (QED) is 0.806.